The van der Waals surface area contributed by atoms with Crippen molar-refractivity contribution in [2.75, 3.05) is 6.54 Å². The van der Waals surface area contributed by atoms with Crippen LogP contribution < -0.4 is 5.73 Å². The number of Topliss-reactive ketones (excluding diaryl/α,β-unsaturated/α-hetero) is 1. The minimum absolute atomic E-state index is 0.128. The third-order valence-corrected chi connectivity index (χ3v) is 7.78. The fourth-order valence-corrected chi connectivity index (χ4v) is 5.43. The summed E-state index contributed by atoms with van der Waals surface area (Å²) in [7, 11) is 0. The number of hydrogen-bond acceptors (Lipinski definition) is 10. The van der Waals surface area contributed by atoms with Gasteiger partial charge < -0.3 is 14.9 Å². The molecule has 2 aromatic carbocycles. The maximum atomic E-state index is 14.0. The van der Waals surface area contributed by atoms with Crippen LogP contribution in [0.25, 0.3) is 0 Å². The Labute approximate surface area is 257 Å². The molecule has 4 rings (SSSR count). The number of amides is 3. The van der Waals surface area contributed by atoms with Crippen molar-refractivity contribution >= 4 is 23.7 Å². The van der Waals surface area contributed by atoms with E-state index in [0.29, 0.717) is 42.2 Å². The lowest BCUT2D eigenvalue weighted by Gasteiger charge is -2.35. The number of imide groups is 3. The van der Waals surface area contributed by atoms with Crippen molar-refractivity contribution in [3.8, 4) is 0 Å². The summed E-state index contributed by atoms with van der Waals surface area (Å²) in [4.78, 5) is 56.8. The van der Waals surface area contributed by atoms with Crippen LogP contribution in [0.15, 0.2) is 59.0 Å². The van der Waals surface area contributed by atoms with E-state index in [1.165, 1.54) is 0 Å². The van der Waals surface area contributed by atoms with E-state index in [-0.39, 0.29) is 24.3 Å². The van der Waals surface area contributed by atoms with Crippen LogP contribution in [0, 0.1) is 18.8 Å². The van der Waals surface area contributed by atoms with Crippen molar-refractivity contribution < 1.29 is 28.3 Å². The van der Waals surface area contributed by atoms with Crippen LogP contribution in [0.3, 0.4) is 0 Å². The number of carbonyl (C=O) groups is 4. The Morgan fingerprint density at radius 1 is 1.00 bits per heavy atom. The Kier molecular flexibility index (Phi) is 10.8. The molecule has 0 spiro atoms. The number of aryl methyl sites for hydroxylation is 1. The first-order valence-electron chi connectivity index (χ1n) is 15.0. The van der Waals surface area contributed by atoms with Gasteiger partial charge in [0.05, 0.1) is 24.5 Å². The fourth-order valence-electron chi connectivity index (χ4n) is 5.43. The highest BCUT2D eigenvalue weighted by Gasteiger charge is 2.46. The van der Waals surface area contributed by atoms with Crippen LogP contribution in [-0.4, -0.2) is 68.4 Å². The van der Waals surface area contributed by atoms with Crippen molar-refractivity contribution in [1.29, 1.82) is 0 Å². The molecule has 0 unspecified atom stereocenters. The van der Waals surface area contributed by atoms with Gasteiger partial charge in [0.2, 0.25) is 11.7 Å². The van der Waals surface area contributed by atoms with E-state index in [1.807, 2.05) is 51.1 Å². The van der Waals surface area contributed by atoms with E-state index < -0.39 is 41.8 Å². The average molecular weight is 604 g/mol. The smallest absolute Gasteiger partial charge is 0.423 e. The van der Waals surface area contributed by atoms with Crippen LogP contribution in [0.2, 0.25) is 0 Å². The molecule has 3 aromatic rings. The summed E-state index contributed by atoms with van der Waals surface area (Å²) < 4.78 is 11.2. The molecule has 0 saturated carbocycles. The molecule has 3 atom stereocenters. The number of carbonyl (C=O) groups excluding carboxylic acids is 4. The van der Waals surface area contributed by atoms with Crippen LogP contribution in [0.4, 0.5) is 4.79 Å². The molecule has 11 heteroatoms. The van der Waals surface area contributed by atoms with Gasteiger partial charge in [0.1, 0.15) is 6.61 Å². The summed E-state index contributed by atoms with van der Waals surface area (Å²) in [5.74, 6) is -2.49. The third kappa shape index (κ3) is 7.64. The SMILES string of the molecule is Cc1cccc(Cc2nnc(C(=O)[C@H](C(C)C)N3CCC[C@H]3C(=O)N(C(=O)OCc3ccccc3)C(=O)[C@@H](N)C(C)C)o2)c1. The molecule has 11 nitrogen and oxygen atoms in total. The van der Waals surface area contributed by atoms with E-state index in [9.17, 15) is 19.2 Å². The lowest BCUT2D eigenvalue weighted by molar-refractivity contribution is -0.147. The highest BCUT2D eigenvalue weighted by Crippen LogP contribution is 2.28. The second-order valence-corrected chi connectivity index (χ2v) is 11.9. The largest absolute Gasteiger partial charge is 0.444 e. The van der Waals surface area contributed by atoms with E-state index in [1.54, 1.807) is 43.0 Å². The number of likely N-dealkylation sites (tertiary alicyclic amines) is 1. The molecule has 1 saturated heterocycles. The Bertz CT molecular complexity index is 1470. The number of hydrogen-bond donors (Lipinski definition) is 1. The van der Waals surface area contributed by atoms with Crippen LogP contribution >= 0.6 is 0 Å². The number of benzene rings is 2. The summed E-state index contributed by atoms with van der Waals surface area (Å²) in [6, 6.07) is 14.0. The minimum atomic E-state index is -1.11. The first kappa shape index (κ1) is 32.7. The maximum absolute atomic E-state index is 14.0. The predicted molar refractivity (Wildman–Crippen MR) is 162 cm³/mol. The first-order valence-corrected chi connectivity index (χ1v) is 15.0. The summed E-state index contributed by atoms with van der Waals surface area (Å²) in [6.45, 7) is 9.43. The summed E-state index contributed by atoms with van der Waals surface area (Å²) in [6.07, 6.45) is 0.186. The minimum Gasteiger partial charge on any atom is -0.444 e. The number of rotatable bonds is 11. The van der Waals surface area contributed by atoms with Gasteiger partial charge in [-0.25, -0.2) is 4.79 Å². The second-order valence-electron chi connectivity index (χ2n) is 11.9. The lowest BCUT2D eigenvalue weighted by atomic mass is 9.96. The monoisotopic (exact) mass is 603 g/mol. The highest BCUT2D eigenvalue weighted by molar-refractivity contribution is 6.12. The molecule has 1 aromatic heterocycles. The van der Waals surface area contributed by atoms with Gasteiger partial charge in [0.25, 0.3) is 17.7 Å². The van der Waals surface area contributed by atoms with Gasteiger partial charge in [-0.1, -0.05) is 87.9 Å². The van der Waals surface area contributed by atoms with Crippen molar-refractivity contribution in [2.45, 2.75) is 78.6 Å². The predicted octanol–water partition coefficient (Wildman–Crippen LogP) is 4.32. The Morgan fingerprint density at radius 3 is 2.36 bits per heavy atom. The zero-order valence-corrected chi connectivity index (χ0v) is 25.9. The zero-order chi connectivity index (χ0) is 32.0. The van der Waals surface area contributed by atoms with E-state index in [4.69, 9.17) is 14.9 Å². The van der Waals surface area contributed by atoms with Gasteiger partial charge in [-0.3, -0.25) is 19.3 Å². The number of ether oxygens (including phenoxy) is 1. The molecule has 1 aliphatic heterocycles. The summed E-state index contributed by atoms with van der Waals surface area (Å²) in [5, 5.41) is 8.12. The molecule has 44 heavy (non-hydrogen) atoms. The van der Waals surface area contributed by atoms with Crippen molar-refractivity contribution in [3.63, 3.8) is 0 Å². The van der Waals surface area contributed by atoms with E-state index >= 15 is 0 Å². The first-order chi connectivity index (χ1) is 21.0. The molecule has 234 valence electrons. The molecular formula is C33H41N5O6. The topological polar surface area (TPSA) is 149 Å². The van der Waals surface area contributed by atoms with E-state index in [0.717, 1.165) is 11.1 Å². The molecular weight excluding hydrogens is 562 g/mol. The number of ketones is 1. The third-order valence-electron chi connectivity index (χ3n) is 7.78. The Hall–Kier alpha value is -4.22. The number of aromatic nitrogens is 2. The highest BCUT2D eigenvalue weighted by atomic mass is 16.6. The maximum Gasteiger partial charge on any atom is 0.423 e. The Morgan fingerprint density at radius 2 is 1.70 bits per heavy atom. The molecule has 3 amide bonds. The average Bonchev–Trinajstić information content (AvgIpc) is 3.66. The standard InChI is InChI=1S/C33H41N5O6/c1-20(2)27(34)32(41)38(33(42)43-19-23-12-7-6-8-13-23)31(40)25-15-10-16-37(25)28(21(3)4)29(39)30-36-35-26(44-30)18-24-14-9-11-22(5)17-24/h6-9,11-14,17,20-21,25,27-28H,10,15-16,18-19,34H2,1-5H3/t25-,27-,28-/m0/s1. The molecule has 2 N–H and O–H groups in total. The van der Waals surface area contributed by atoms with Gasteiger partial charge >= 0.3 is 6.09 Å². The lowest BCUT2D eigenvalue weighted by Crippen LogP contribution is -2.58. The fraction of sp³-hybridized carbons (Fsp3) is 0.455. The quantitative estimate of drug-likeness (QED) is 0.314. The zero-order valence-electron chi connectivity index (χ0n) is 25.9. The van der Waals surface area contributed by atoms with Gasteiger partial charge in [0.15, 0.2) is 0 Å². The molecule has 1 fully saturated rings. The van der Waals surface area contributed by atoms with Gasteiger partial charge in [0, 0.05) is 0 Å². The molecule has 0 radical (unpaired) electrons. The molecule has 1 aliphatic rings. The van der Waals surface area contributed by atoms with Crippen molar-refractivity contribution in [1.82, 2.24) is 20.0 Å². The van der Waals surface area contributed by atoms with Gasteiger partial charge in [-0.15, -0.1) is 10.2 Å². The van der Waals surface area contributed by atoms with Gasteiger partial charge in [-0.2, -0.15) is 4.90 Å². The van der Waals surface area contributed by atoms with Gasteiger partial charge in [-0.05, 0) is 49.3 Å². The second kappa shape index (κ2) is 14.5. The number of nitrogens with zero attached hydrogens (tertiary/aromatic N) is 4. The number of nitrogens with two attached hydrogens (primary N) is 1. The molecule has 0 aliphatic carbocycles. The molecule has 0 bridgehead atoms. The van der Waals surface area contributed by atoms with Crippen LogP contribution in [-0.2, 0) is 27.4 Å². The summed E-state index contributed by atoms with van der Waals surface area (Å²) >= 11 is 0. The van der Waals surface area contributed by atoms with E-state index in [2.05, 4.69) is 10.2 Å². The van der Waals surface area contributed by atoms with Crippen LogP contribution in [0.5, 0.6) is 0 Å². The molecule has 2 heterocycles. The van der Waals surface area contributed by atoms with Crippen LogP contribution in [0.1, 0.15) is 73.8 Å². The Balaban J connectivity index is 1.56. The summed E-state index contributed by atoms with van der Waals surface area (Å²) in [5.41, 5.74) is 8.89. The van der Waals surface area contributed by atoms with Crippen molar-refractivity contribution in [3.05, 3.63) is 83.1 Å². The normalized spacial score (nSPS) is 16.6. The van der Waals surface area contributed by atoms with Crippen molar-refractivity contribution in [2.24, 2.45) is 17.6 Å².